The van der Waals surface area contributed by atoms with Crippen LogP contribution in [0.25, 0.3) is 22.2 Å². The predicted octanol–water partition coefficient (Wildman–Crippen LogP) is 4.11. The van der Waals surface area contributed by atoms with Gasteiger partial charge >= 0.3 is 0 Å². The Bertz CT molecular complexity index is 743. The minimum absolute atomic E-state index is 1.04. The SMILES string of the molecule is c1ccc2nc(-c3ccc(N4CCC4)cc3)ccc2c1. The third-order valence-electron chi connectivity index (χ3n) is 3.98. The molecule has 20 heavy (non-hydrogen) atoms. The van der Waals surface area contributed by atoms with Crippen LogP contribution in [0.4, 0.5) is 5.69 Å². The van der Waals surface area contributed by atoms with Crippen LogP contribution in [0, 0.1) is 0 Å². The van der Waals surface area contributed by atoms with Crippen LogP contribution in [0.3, 0.4) is 0 Å². The molecule has 1 saturated heterocycles. The molecule has 3 aromatic rings. The third kappa shape index (κ3) is 1.94. The summed E-state index contributed by atoms with van der Waals surface area (Å²) in [5.74, 6) is 0. The van der Waals surface area contributed by atoms with E-state index in [1.807, 2.05) is 12.1 Å². The van der Waals surface area contributed by atoms with Gasteiger partial charge < -0.3 is 4.90 Å². The van der Waals surface area contributed by atoms with Crippen molar-refractivity contribution in [1.82, 2.24) is 4.98 Å². The van der Waals surface area contributed by atoms with Gasteiger partial charge in [0.2, 0.25) is 0 Å². The summed E-state index contributed by atoms with van der Waals surface area (Å²) in [5, 5.41) is 1.19. The molecular weight excluding hydrogens is 244 g/mol. The maximum absolute atomic E-state index is 4.74. The molecule has 2 heteroatoms. The zero-order valence-electron chi connectivity index (χ0n) is 11.3. The van der Waals surface area contributed by atoms with Crippen molar-refractivity contribution in [2.24, 2.45) is 0 Å². The lowest BCUT2D eigenvalue weighted by Crippen LogP contribution is -2.36. The molecule has 1 fully saturated rings. The molecule has 2 nitrogen and oxygen atoms in total. The standard InChI is InChI=1S/C18H16N2/c1-2-5-17-14(4-1)8-11-18(19-17)15-6-9-16(10-7-15)20-12-3-13-20/h1-2,4-11H,3,12-13H2. The van der Waals surface area contributed by atoms with Gasteiger partial charge in [-0.25, -0.2) is 4.98 Å². The zero-order chi connectivity index (χ0) is 13.4. The van der Waals surface area contributed by atoms with E-state index in [1.54, 1.807) is 0 Å². The number of pyridine rings is 1. The molecule has 4 rings (SSSR count). The van der Waals surface area contributed by atoms with Gasteiger partial charge in [-0.3, -0.25) is 0 Å². The lowest BCUT2D eigenvalue weighted by atomic mass is 10.1. The number of anilines is 1. The number of aromatic nitrogens is 1. The van der Waals surface area contributed by atoms with Crippen LogP contribution < -0.4 is 4.90 Å². The lowest BCUT2D eigenvalue weighted by Gasteiger charge is -2.33. The third-order valence-corrected chi connectivity index (χ3v) is 3.98. The Balaban J connectivity index is 1.70. The molecule has 2 aromatic carbocycles. The van der Waals surface area contributed by atoms with E-state index in [4.69, 9.17) is 4.98 Å². The number of para-hydroxylation sites is 1. The molecule has 0 spiro atoms. The summed E-state index contributed by atoms with van der Waals surface area (Å²) in [4.78, 5) is 7.14. The Morgan fingerprint density at radius 3 is 2.35 bits per heavy atom. The Labute approximate surface area is 118 Å². The van der Waals surface area contributed by atoms with Crippen LogP contribution in [-0.4, -0.2) is 18.1 Å². The van der Waals surface area contributed by atoms with Crippen molar-refractivity contribution in [3.8, 4) is 11.3 Å². The maximum atomic E-state index is 4.74. The number of nitrogens with zero attached hydrogens (tertiary/aromatic N) is 2. The van der Waals surface area contributed by atoms with Crippen LogP contribution in [0.5, 0.6) is 0 Å². The molecule has 0 saturated carbocycles. The second-order valence-corrected chi connectivity index (χ2v) is 5.28. The van der Waals surface area contributed by atoms with Crippen molar-refractivity contribution >= 4 is 16.6 Å². The van der Waals surface area contributed by atoms with Crippen LogP contribution >= 0.6 is 0 Å². The van der Waals surface area contributed by atoms with Gasteiger partial charge in [0.25, 0.3) is 0 Å². The van der Waals surface area contributed by atoms with Crippen molar-refractivity contribution in [2.45, 2.75) is 6.42 Å². The summed E-state index contributed by atoms with van der Waals surface area (Å²) in [6.45, 7) is 2.38. The van der Waals surface area contributed by atoms with Gasteiger partial charge in [-0.1, -0.05) is 36.4 Å². The summed E-state index contributed by atoms with van der Waals surface area (Å²) in [5.41, 5.74) is 4.59. The van der Waals surface area contributed by atoms with E-state index in [0.717, 1.165) is 11.2 Å². The summed E-state index contributed by atoms with van der Waals surface area (Å²) in [6.07, 6.45) is 1.31. The van der Waals surface area contributed by atoms with Gasteiger partial charge in [-0.05, 0) is 30.7 Å². The number of hydrogen-bond donors (Lipinski definition) is 0. The second-order valence-electron chi connectivity index (χ2n) is 5.28. The average Bonchev–Trinajstić information content (AvgIpc) is 2.46. The fraction of sp³-hybridized carbons (Fsp3) is 0.167. The van der Waals surface area contributed by atoms with E-state index < -0.39 is 0 Å². The minimum Gasteiger partial charge on any atom is -0.371 e. The molecule has 0 N–H and O–H groups in total. The molecule has 0 bridgehead atoms. The molecule has 0 amide bonds. The number of rotatable bonds is 2. The first-order valence-corrected chi connectivity index (χ1v) is 7.11. The minimum atomic E-state index is 1.04. The monoisotopic (exact) mass is 260 g/mol. The normalized spacial score (nSPS) is 14.3. The average molecular weight is 260 g/mol. The van der Waals surface area contributed by atoms with Crippen molar-refractivity contribution in [2.75, 3.05) is 18.0 Å². The molecular formula is C18H16N2. The van der Waals surface area contributed by atoms with Gasteiger partial charge in [-0.15, -0.1) is 0 Å². The molecule has 0 aliphatic carbocycles. The fourth-order valence-electron chi connectivity index (χ4n) is 2.64. The summed E-state index contributed by atoms with van der Waals surface area (Å²) >= 11 is 0. The van der Waals surface area contributed by atoms with E-state index >= 15 is 0 Å². The van der Waals surface area contributed by atoms with E-state index in [0.29, 0.717) is 0 Å². The molecule has 98 valence electrons. The van der Waals surface area contributed by atoms with Crippen LogP contribution in [0.1, 0.15) is 6.42 Å². The van der Waals surface area contributed by atoms with Crippen LogP contribution in [-0.2, 0) is 0 Å². The number of fused-ring (bicyclic) bond motifs is 1. The van der Waals surface area contributed by atoms with Gasteiger partial charge in [0.05, 0.1) is 11.2 Å². The quantitative estimate of drug-likeness (QED) is 0.689. The highest BCUT2D eigenvalue weighted by Gasteiger charge is 2.14. The highest BCUT2D eigenvalue weighted by molar-refractivity contribution is 5.81. The smallest absolute Gasteiger partial charge is 0.0709 e. The maximum Gasteiger partial charge on any atom is 0.0709 e. The van der Waals surface area contributed by atoms with Gasteiger partial charge in [-0.2, -0.15) is 0 Å². The lowest BCUT2D eigenvalue weighted by molar-refractivity contribution is 0.618. The van der Waals surface area contributed by atoms with Gasteiger partial charge in [0, 0.05) is 29.7 Å². The topological polar surface area (TPSA) is 16.1 Å². The Morgan fingerprint density at radius 2 is 1.60 bits per heavy atom. The molecule has 1 aliphatic heterocycles. The Hall–Kier alpha value is -2.35. The summed E-state index contributed by atoms with van der Waals surface area (Å²) < 4.78 is 0. The summed E-state index contributed by atoms with van der Waals surface area (Å²) in [6, 6.07) is 21.2. The van der Waals surface area contributed by atoms with Crippen molar-refractivity contribution < 1.29 is 0 Å². The second kappa shape index (κ2) is 4.64. The van der Waals surface area contributed by atoms with Gasteiger partial charge in [0.15, 0.2) is 0 Å². The molecule has 0 atom stereocenters. The largest absolute Gasteiger partial charge is 0.371 e. The first kappa shape index (κ1) is 11.5. The van der Waals surface area contributed by atoms with E-state index in [-0.39, 0.29) is 0 Å². The first-order valence-electron chi connectivity index (χ1n) is 7.11. The van der Waals surface area contributed by atoms with Crippen LogP contribution in [0.2, 0.25) is 0 Å². The van der Waals surface area contributed by atoms with Gasteiger partial charge in [0.1, 0.15) is 0 Å². The van der Waals surface area contributed by atoms with E-state index in [9.17, 15) is 0 Å². The highest BCUT2D eigenvalue weighted by atomic mass is 15.2. The number of benzene rings is 2. The Kier molecular flexibility index (Phi) is 2.66. The molecule has 1 aliphatic rings. The molecule has 2 heterocycles. The summed E-state index contributed by atoms with van der Waals surface area (Å²) in [7, 11) is 0. The first-order chi connectivity index (χ1) is 9.90. The van der Waals surface area contributed by atoms with Crippen molar-refractivity contribution in [1.29, 1.82) is 0 Å². The van der Waals surface area contributed by atoms with E-state index in [1.165, 1.54) is 36.1 Å². The zero-order valence-corrected chi connectivity index (χ0v) is 11.3. The van der Waals surface area contributed by atoms with E-state index in [2.05, 4.69) is 53.4 Å². The van der Waals surface area contributed by atoms with Crippen LogP contribution in [0.15, 0.2) is 60.7 Å². The van der Waals surface area contributed by atoms with Crippen molar-refractivity contribution in [3.63, 3.8) is 0 Å². The highest BCUT2D eigenvalue weighted by Crippen LogP contribution is 2.25. The molecule has 1 aromatic heterocycles. The molecule has 0 radical (unpaired) electrons. The number of hydrogen-bond acceptors (Lipinski definition) is 2. The Morgan fingerprint density at radius 1 is 0.800 bits per heavy atom. The molecule has 0 unspecified atom stereocenters. The fourth-order valence-corrected chi connectivity index (χ4v) is 2.64. The predicted molar refractivity (Wildman–Crippen MR) is 84.0 cm³/mol. The van der Waals surface area contributed by atoms with Crippen molar-refractivity contribution in [3.05, 3.63) is 60.7 Å².